The van der Waals surface area contributed by atoms with E-state index in [1.54, 1.807) is 55.5 Å². The van der Waals surface area contributed by atoms with Gasteiger partial charge in [0.15, 0.2) is 0 Å². The van der Waals surface area contributed by atoms with E-state index in [1.807, 2.05) is 0 Å². The molecule has 1 aliphatic rings. The molecule has 0 aliphatic carbocycles. The van der Waals surface area contributed by atoms with Crippen molar-refractivity contribution in [1.82, 2.24) is 10.9 Å². The number of halogens is 1. The minimum atomic E-state index is -0.693. The van der Waals surface area contributed by atoms with Crippen LogP contribution in [0.15, 0.2) is 48.5 Å². The smallest absolute Gasteiger partial charge is 0.269 e. The molecule has 0 radical (unpaired) electrons. The van der Waals surface area contributed by atoms with E-state index in [4.69, 9.17) is 25.8 Å². The highest BCUT2D eigenvalue weighted by atomic mass is 35.5. The van der Waals surface area contributed by atoms with Crippen LogP contribution in [0.5, 0.6) is 5.75 Å². The summed E-state index contributed by atoms with van der Waals surface area (Å²) in [6, 6.07) is 14.0. The molecule has 0 saturated carbocycles. The Labute approximate surface area is 180 Å². The van der Waals surface area contributed by atoms with Gasteiger partial charge in [0.1, 0.15) is 18.5 Å². The van der Waals surface area contributed by atoms with Gasteiger partial charge in [-0.2, -0.15) is 0 Å². The van der Waals surface area contributed by atoms with E-state index >= 15 is 0 Å². The molecule has 2 amide bonds. The second-order valence-electron chi connectivity index (χ2n) is 6.99. The number of hydrogen-bond acceptors (Lipinski definition) is 5. The molecule has 2 unspecified atom stereocenters. The number of carbonyl (C=O) groups is 2. The van der Waals surface area contributed by atoms with E-state index in [0.717, 1.165) is 25.0 Å². The minimum absolute atomic E-state index is 0.0389. The Bertz CT molecular complexity index is 836. The molecule has 2 atom stereocenters. The number of benzene rings is 2. The molecular weight excluding hydrogens is 408 g/mol. The van der Waals surface area contributed by atoms with E-state index in [1.165, 1.54) is 0 Å². The van der Waals surface area contributed by atoms with Crippen molar-refractivity contribution in [2.45, 2.75) is 38.6 Å². The first-order valence-electron chi connectivity index (χ1n) is 9.82. The van der Waals surface area contributed by atoms with Gasteiger partial charge in [-0.15, -0.1) is 0 Å². The molecule has 1 heterocycles. The number of carbonyl (C=O) groups excluding carboxylic acids is 2. The Morgan fingerprint density at radius 1 is 1.13 bits per heavy atom. The van der Waals surface area contributed by atoms with Crippen molar-refractivity contribution >= 4 is 23.4 Å². The van der Waals surface area contributed by atoms with Crippen molar-refractivity contribution in [1.29, 1.82) is 0 Å². The summed E-state index contributed by atoms with van der Waals surface area (Å²) in [6.07, 6.45) is 1.29. The number of rotatable bonds is 8. The summed E-state index contributed by atoms with van der Waals surface area (Å²) in [5, 5.41) is 0.647. The maximum Gasteiger partial charge on any atom is 0.269 e. The van der Waals surface area contributed by atoms with E-state index in [9.17, 15) is 9.59 Å². The number of ether oxygens (including phenoxy) is 3. The summed E-state index contributed by atoms with van der Waals surface area (Å²) < 4.78 is 16.6. The zero-order valence-electron chi connectivity index (χ0n) is 16.7. The van der Waals surface area contributed by atoms with Crippen LogP contribution in [-0.4, -0.2) is 37.2 Å². The molecule has 7 nitrogen and oxygen atoms in total. The Morgan fingerprint density at radius 2 is 1.87 bits per heavy atom. The van der Waals surface area contributed by atoms with Crippen LogP contribution in [-0.2, 0) is 20.9 Å². The summed E-state index contributed by atoms with van der Waals surface area (Å²) in [5.41, 5.74) is 6.10. The van der Waals surface area contributed by atoms with Crippen molar-refractivity contribution in [3.8, 4) is 5.75 Å². The van der Waals surface area contributed by atoms with Gasteiger partial charge in [0.05, 0.1) is 12.7 Å². The van der Waals surface area contributed by atoms with Crippen LogP contribution >= 0.6 is 11.6 Å². The largest absolute Gasteiger partial charge is 0.489 e. The third-order valence-electron chi connectivity index (χ3n) is 4.66. The van der Waals surface area contributed by atoms with Gasteiger partial charge in [0, 0.05) is 17.2 Å². The van der Waals surface area contributed by atoms with Crippen LogP contribution in [0, 0.1) is 0 Å². The van der Waals surface area contributed by atoms with Gasteiger partial charge in [-0.25, -0.2) is 0 Å². The maximum absolute atomic E-state index is 12.2. The summed E-state index contributed by atoms with van der Waals surface area (Å²) >= 11 is 5.85. The first kappa shape index (κ1) is 22.1. The summed E-state index contributed by atoms with van der Waals surface area (Å²) in [6.45, 7) is 3.09. The Kier molecular flexibility index (Phi) is 8.07. The van der Waals surface area contributed by atoms with Gasteiger partial charge in [-0.05, 0) is 61.7 Å². The number of hydrazine groups is 1. The summed E-state index contributed by atoms with van der Waals surface area (Å²) in [5.74, 6) is -0.131. The molecule has 160 valence electrons. The van der Waals surface area contributed by atoms with Crippen LogP contribution < -0.4 is 15.6 Å². The van der Waals surface area contributed by atoms with Gasteiger partial charge < -0.3 is 14.2 Å². The van der Waals surface area contributed by atoms with E-state index in [0.29, 0.717) is 29.5 Å². The predicted octanol–water partition coefficient (Wildman–Crippen LogP) is 3.26. The Morgan fingerprint density at radius 3 is 2.53 bits per heavy atom. The first-order valence-corrected chi connectivity index (χ1v) is 10.2. The Hall–Kier alpha value is -2.61. The molecule has 2 aromatic rings. The predicted molar refractivity (Wildman–Crippen MR) is 112 cm³/mol. The van der Waals surface area contributed by atoms with E-state index in [2.05, 4.69) is 10.9 Å². The standard InChI is InChI=1S/C22H25ClN2O5/c1-15(29-14-20-3-2-12-28-20)21(26)24-25-22(27)17-6-4-16(5-7-17)13-30-19-10-8-18(23)9-11-19/h4-11,15,20H,2-3,12-14H2,1H3,(H,24,26)(H,25,27). The van der Waals surface area contributed by atoms with Gasteiger partial charge in [-0.1, -0.05) is 23.7 Å². The molecule has 2 N–H and O–H groups in total. The second-order valence-corrected chi connectivity index (χ2v) is 7.43. The van der Waals surface area contributed by atoms with E-state index in [-0.39, 0.29) is 6.10 Å². The molecule has 2 aromatic carbocycles. The van der Waals surface area contributed by atoms with Crippen LogP contribution in [0.2, 0.25) is 5.02 Å². The second kappa shape index (κ2) is 11.0. The molecule has 3 rings (SSSR count). The highest BCUT2D eigenvalue weighted by molar-refractivity contribution is 6.30. The SMILES string of the molecule is CC(OCC1CCCO1)C(=O)NNC(=O)c1ccc(COc2ccc(Cl)cc2)cc1. The molecular formula is C22H25ClN2O5. The van der Waals surface area contributed by atoms with Crippen LogP contribution in [0.4, 0.5) is 0 Å². The monoisotopic (exact) mass is 432 g/mol. The van der Waals surface area contributed by atoms with Gasteiger partial charge in [-0.3, -0.25) is 20.4 Å². The third-order valence-corrected chi connectivity index (χ3v) is 4.91. The summed E-state index contributed by atoms with van der Waals surface area (Å²) in [4.78, 5) is 24.3. The number of amides is 2. The number of nitrogens with one attached hydrogen (secondary N) is 2. The fraction of sp³-hybridized carbons (Fsp3) is 0.364. The normalized spacial score (nSPS) is 16.7. The lowest BCUT2D eigenvalue weighted by molar-refractivity contribution is -0.134. The maximum atomic E-state index is 12.2. The zero-order chi connectivity index (χ0) is 21.3. The third kappa shape index (κ3) is 6.73. The average Bonchev–Trinajstić information content (AvgIpc) is 3.29. The molecule has 1 fully saturated rings. The van der Waals surface area contributed by atoms with Crippen molar-refractivity contribution in [3.05, 3.63) is 64.7 Å². The quantitative estimate of drug-likeness (QED) is 0.625. The lowest BCUT2D eigenvalue weighted by Gasteiger charge is -2.16. The minimum Gasteiger partial charge on any atom is -0.489 e. The van der Waals surface area contributed by atoms with Crippen LogP contribution in [0.25, 0.3) is 0 Å². The van der Waals surface area contributed by atoms with E-state index < -0.39 is 17.9 Å². The van der Waals surface area contributed by atoms with Crippen molar-refractivity contribution in [3.63, 3.8) is 0 Å². The lowest BCUT2D eigenvalue weighted by atomic mass is 10.1. The number of hydrogen-bond donors (Lipinski definition) is 2. The van der Waals surface area contributed by atoms with Crippen LogP contribution in [0.3, 0.4) is 0 Å². The molecule has 1 saturated heterocycles. The van der Waals surface area contributed by atoms with Crippen molar-refractivity contribution in [2.75, 3.05) is 13.2 Å². The molecule has 0 bridgehead atoms. The fourth-order valence-electron chi connectivity index (χ4n) is 2.85. The molecule has 0 spiro atoms. The van der Waals surface area contributed by atoms with Crippen molar-refractivity contribution in [2.24, 2.45) is 0 Å². The highest BCUT2D eigenvalue weighted by Gasteiger charge is 2.20. The Balaban J connectivity index is 1.40. The van der Waals surface area contributed by atoms with Crippen molar-refractivity contribution < 1.29 is 23.8 Å². The fourth-order valence-corrected chi connectivity index (χ4v) is 2.97. The zero-order valence-corrected chi connectivity index (χ0v) is 17.5. The summed E-state index contributed by atoms with van der Waals surface area (Å²) in [7, 11) is 0. The van der Waals surface area contributed by atoms with Crippen LogP contribution in [0.1, 0.15) is 35.7 Å². The average molecular weight is 433 g/mol. The molecule has 30 heavy (non-hydrogen) atoms. The highest BCUT2D eigenvalue weighted by Crippen LogP contribution is 2.17. The van der Waals surface area contributed by atoms with Gasteiger partial charge in [0.25, 0.3) is 11.8 Å². The lowest BCUT2D eigenvalue weighted by Crippen LogP contribution is -2.46. The first-order chi connectivity index (χ1) is 14.5. The molecule has 0 aromatic heterocycles. The molecule has 8 heteroatoms. The molecule has 1 aliphatic heterocycles. The van der Waals surface area contributed by atoms with Gasteiger partial charge in [0.2, 0.25) is 0 Å². The topological polar surface area (TPSA) is 85.9 Å². The van der Waals surface area contributed by atoms with Gasteiger partial charge >= 0.3 is 0 Å².